The van der Waals surface area contributed by atoms with Crippen molar-refractivity contribution in [3.63, 3.8) is 0 Å². The van der Waals surface area contributed by atoms with E-state index in [1.807, 2.05) is 0 Å². The van der Waals surface area contributed by atoms with Gasteiger partial charge in [0.05, 0.1) is 0 Å². The quantitative estimate of drug-likeness (QED) is 0.641. The van der Waals surface area contributed by atoms with E-state index < -0.39 is 23.2 Å². The van der Waals surface area contributed by atoms with Gasteiger partial charge in [-0.25, -0.2) is 0 Å². The Morgan fingerprint density at radius 2 is 1.64 bits per heavy atom. The second-order valence-corrected chi connectivity index (χ2v) is 3.06. The highest BCUT2D eigenvalue weighted by molar-refractivity contribution is 5.52. The second kappa shape index (κ2) is 3.08. The van der Waals surface area contributed by atoms with E-state index in [1.54, 1.807) is 0 Å². The number of phenolic OH excluding ortho intramolecular Hbond substituents is 2. The third-order valence-electron chi connectivity index (χ3n) is 2.01. The Kier molecular flexibility index (Phi) is 2.35. The zero-order chi connectivity index (χ0) is 11.1. The maximum absolute atomic E-state index is 12.4. The highest BCUT2D eigenvalue weighted by Crippen LogP contribution is 2.42. The lowest BCUT2D eigenvalue weighted by Gasteiger charge is -2.14. The number of rotatable bonds is 0. The first-order valence-corrected chi connectivity index (χ1v) is 3.84. The first-order valence-electron chi connectivity index (χ1n) is 3.84. The third kappa shape index (κ3) is 1.62. The standard InChI is InChI=1S/C9H9F3O2/c1-4-3-6(13)5(2)7(8(4)14)9(10,11)12/h3,13-14H,1-2H3. The van der Waals surface area contributed by atoms with Gasteiger partial charge < -0.3 is 10.2 Å². The summed E-state index contributed by atoms with van der Waals surface area (Å²) in [7, 11) is 0. The number of aryl methyl sites for hydroxylation is 1. The van der Waals surface area contributed by atoms with Gasteiger partial charge in [-0.1, -0.05) is 0 Å². The number of halogens is 3. The molecule has 0 aliphatic rings. The molecule has 0 amide bonds. The Hall–Kier alpha value is -1.39. The summed E-state index contributed by atoms with van der Waals surface area (Å²) in [5, 5.41) is 18.4. The molecule has 0 saturated carbocycles. The van der Waals surface area contributed by atoms with Crippen LogP contribution in [-0.4, -0.2) is 10.2 Å². The fraction of sp³-hybridized carbons (Fsp3) is 0.333. The van der Waals surface area contributed by atoms with Crippen LogP contribution >= 0.6 is 0 Å². The molecule has 0 unspecified atom stereocenters. The van der Waals surface area contributed by atoms with Gasteiger partial charge in [0, 0.05) is 5.56 Å². The number of aromatic hydroxyl groups is 2. The van der Waals surface area contributed by atoms with Crippen LogP contribution in [0, 0.1) is 13.8 Å². The molecule has 1 aromatic carbocycles. The molecule has 1 rings (SSSR count). The van der Waals surface area contributed by atoms with Gasteiger partial charge in [-0.2, -0.15) is 13.2 Å². The van der Waals surface area contributed by atoms with Crippen molar-refractivity contribution in [1.29, 1.82) is 0 Å². The van der Waals surface area contributed by atoms with Crippen LogP contribution in [0.1, 0.15) is 16.7 Å². The van der Waals surface area contributed by atoms with E-state index >= 15 is 0 Å². The minimum Gasteiger partial charge on any atom is -0.508 e. The molecule has 0 spiro atoms. The molecule has 78 valence electrons. The van der Waals surface area contributed by atoms with Crippen molar-refractivity contribution in [1.82, 2.24) is 0 Å². The Bertz CT molecular complexity index is 343. The number of phenols is 2. The van der Waals surface area contributed by atoms with Crippen LogP contribution < -0.4 is 0 Å². The minimum absolute atomic E-state index is 0.000394. The van der Waals surface area contributed by atoms with E-state index in [9.17, 15) is 18.3 Å². The lowest BCUT2D eigenvalue weighted by molar-refractivity contribution is -0.139. The first-order chi connectivity index (χ1) is 6.25. The number of hydrogen-bond acceptors (Lipinski definition) is 2. The van der Waals surface area contributed by atoms with Crippen LogP contribution in [0.15, 0.2) is 6.07 Å². The van der Waals surface area contributed by atoms with Crippen LogP contribution in [0.5, 0.6) is 11.5 Å². The fourth-order valence-corrected chi connectivity index (χ4v) is 1.23. The van der Waals surface area contributed by atoms with Crippen molar-refractivity contribution in [2.24, 2.45) is 0 Å². The van der Waals surface area contributed by atoms with Gasteiger partial charge in [0.2, 0.25) is 0 Å². The summed E-state index contributed by atoms with van der Waals surface area (Å²) in [5.41, 5.74) is -1.53. The molecular weight excluding hydrogens is 197 g/mol. The van der Waals surface area contributed by atoms with Gasteiger partial charge >= 0.3 is 6.18 Å². The average molecular weight is 206 g/mol. The van der Waals surface area contributed by atoms with Crippen molar-refractivity contribution < 1.29 is 23.4 Å². The molecule has 14 heavy (non-hydrogen) atoms. The van der Waals surface area contributed by atoms with Crippen LogP contribution in [0.2, 0.25) is 0 Å². The van der Waals surface area contributed by atoms with Crippen molar-refractivity contribution >= 4 is 0 Å². The van der Waals surface area contributed by atoms with Crippen LogP contribution in [-0.2, 0) is 6.18 Å². The molecular formula is C9H9F3O2. The molecule has 0 bridgehead atoms. The topological polar surface area (TPSA) is 40.5 Å². The Morgan fingerprint density at radius 1 is 1.14 bits per heavy atom. The second-order valence-electron chi connectivity index (χ2n) is 3.06. The van der Waals surface area contributed by atoms with E-state index in [2.05, 4.69) is 0 Å². The summed E-state index contributed by atoms with van der Waals surface area (Å²) in [4.78, 5) is 0. The van der Waals surface area contributed by atoms with Gasteiger partial charge in [-0.3, -0.25) is 0 Å². The summed E-state index contributed by atoms with van der Waals surface area (Å²) in [5.74, 6) is -1.29. The monoisotopic (exact) mass is 206 g/mol. The lowest BCUT2D eigenvalue weighted by Crippen LogP contribution is -2.08. The van der Waals surface area contributed by atoms with E-state index in [0.717, 1.165) is 13.0 Å². The summed E-state index contributed by atoms with van der Waals surface area (Å²) in [6.07, 6.45) is -4.66. The van der Waals surface area contributed by atoms with Gasteiger partial charge in [0.25, 0.3) is 0 Å². The lowest BCUT2D eigenvalue weighted by atomic mass is 10.0. The molecule has 0 aliphatic heterocycles. The summed E-state index contributed by atoms with van der Waals surface area (Å²) < 4.78 is 37.2. The Labute approximate surface area is 78.6 Å². The van der Waals surface area contributed by atoms with Crippen LogP contribution in [0.4, 0.5) is 13.2 Å². The highest BCUT2D eigenvalue weighted by Gasteiger charge is 2.37. The van der Waals surface area contributed by atoms with Crippen LogP contribution in [0.3, 0.4) is 0 Å². The molecule has 0 fully saturated rings. The normalized spacial score (nSPS) is 11.8. The number of alkyl halides is 3. The number of benzene rings is 1. The van der Waals surface area contributed by atoms with Crippen LogP contribution in [0.25, 0.3) is 0 Å². The molecule has 0 aromatic heterocycles. The highest BCUT2D eigenvalue weighted by atomic mass is 19.4. The van der Waals surface area contributed by atoms with Gasteiger partial charge in [-0.15, -0.1) is 0 Å². The van der Waals surface area contributed by atoms with Crippen molar-refractivity contribution in [2.45, 2.75) is 20.0 Å². The first kappa shape index (κ1) is 10.7. The third-order valence-corrected chi connectivity index (χ3v) is 2.01. The molecule has 0 heterocycles. The smallest absolute Gasteiger partial charge is 0.420 e. The maximum Gasteiger partial charge on any atom is 0.420 e. The fourth-order valence-electron chi connectivity index (χ4n) is 1.23. The van der Waals surface area contributed by atoms with Gasteiger partial charge in [0.15, 0.2) is 0 Å². The van der Waals surface area contributed by atoms with Gasteiger partial charge in [-0.05, 0) is 25.5 Å². The molecule has 0 radical (unpaired) electrons. The molecule has 0 atom stereocenters. The summed E-state index contributed by atoms with van der Waals surface area (Å²) >= 11 is 0. The predicted octanol–water partition coefficient (Wildman–Crippen LogP) is 2.73. The maximum atomic E-state index is 12.4. The molecule has 2 N–H and O–H groups in total. The van der Waals surface area contributed by atoms with E-state index in [4.69, 9.17) is 5.11 Å². The molecule has 0 aliphatic carbocycles. The van der Waals surface area contributed by atoms with E-state index in [1.165, 1.54) is 6.92 Å². The Morgan fingerprint density at radius 3 is 2.07 bits per heavy atom. The summed E-state index contributed by atoms with van der Waals surface area (Å²) in [6.45, 7) is 2.40. The molecule has 0 saturated heterocycles. The van der Waals surface area contributed by atoms with Crippen molar-refractivity contribution in [2.75, 3.05) is 0 Å². The summed E-state index contributed by atoms with van der Waals surface area (Å²) in [6, 6.07) is 1.10. The Balaban J connectivity index is 3.56. The van der Waals surface area contributed by atoms with E-state index in [-0.39, 0.29) is 11.1 Å². The van der Waals surface area contributed by atoms with Crippen molar-refractivity contribution in [3.8, 4) is 11.5 Å². The minimum atomic E-state index is -4.66. The van der Waals surface area contributed by atoms with Gasteiger partial charge in [0.1, 0.15) is 17.1 Å². The SMILES string of the molecule is Cc1cc(O)c(C)c(C(F)(F)F)c1O. The molecule has 1 aromatic rings. The zero-order valence-corrected chi connectivity index (χ0v) is 7.61. The largest absolute Gasteiger partial charge is 0.508 e. The molecule has 2 nitrogen and oxygen atoms in total. The predicted molar refractivity (Wildman–Crippen MR) is 44.2 cm³/mol. The zero-order valence-electron chi connectivity index (χ0n) is 7.61. The average Bonchev–Trinajstić information content (AvgIpc) is 1.98. The van der Waals surface area contributed by atoms with E-state index in [0.29, 0.717) is 0 Å². The molecule has 5 heteroatoms. The number of hydrogen-bond donors (Lipinski definition) is 2. The van der Waals surface area contributed by atoms with Crippen molar-refractivity contribution in [3.05, 3.63) is 22.8 Å².